The maximum absolute atomic E-state index is 12.4. The summed E-state index contributed by atoms with van der Waals surface area (Å²) in [4.78, 5) is 0.152. The molecular formula is C12H17BrN2O3S. The molecule has 7 heteroatoms. The zero-order valence-electron chi connectivity index (χ0n) is 10.6. The molecule has 0 spiro atoms. The quantitative estimate of drug-likeness (QED) is 0.817. The van der Waals surface area contributed by atoms with Crippen LogP contribution in [-0.4, -0.2) is 27.2 Å². The molecule has 1 aliphatic rings. The summed E-state index contributed by atoms with van der Waals surface area (Å²) in [5, 5.41) is 0. The maximum atomic E-state index is 12.4. The van der Waals surface area contributed by atoms with E-state index in [-0.39, 0.29) is 4.90 Å². The molecule has 19 heavy (non-hydrogen) atoms. The van der Waals surface area contributed by atoms with Crippen LogP contribution in [0.25, 0.3) is 0 Å². The topological polar surface area (TPSA) is 81.4 Å². The maximum Gasteiger partial charge on any atom is 0.242 e. The fourth-order valence-electron chi connectivity index (χ4n) is 2.12. The van der Waals surface area contributed by atoms with Crippen molar-refractivity contribution in [3.05, 3.63) is 22.7 Å². The number of nitrogens with two attached hydrogens (primary N) is 1. The van der Waals surface area contributed by atoms with Crippen LogP contribution in [0.15, 0.2) is 27.6 Å². The number of nitrogen functional groups attached to an aromatic ring is 1. The molecule has 1 aromatic carbocycles. The van der Waals surface area contributed by atoms with Crippen molar-refractivity contribution in [1.82, 2.24) is 4.72 Å². The fourth-order valence-corrected chi connectivity index (χ4v) is 4.54. The molecule has 0 bridgehead atoms. The largest absolute Gasteiger partial charge is 0.399 e. The molecule has 1 aromatic rings. The Balaban J connectivity index is 2.29. The lowest BCUT2D eigenvalue weighted by Crippen LogP contribution is -2.51. The van der Waals surface area contributed by atoms with Gasteiger partial charge in [-0.05, 0) is 53.9 Å². The third-order valence-electron chi connectivity index (χ3n) is 3.06. The molecule has 5 nitrogen and oxygen atoms in total. The van der Waals surface area contributed by atoms with Gasteiger partial charge in [-0.1, -0.05) is 0 Å². The molecule has 106 valence electrons. The van der Waals surface area contributed by atoms with E-state index in [1.807, 2.05) is 6.92 Å². The van der Waals surface area contributed by atoms with E-state index in [1.54, 1.807) is 12.1 Å². The number of benzene rings is 1. The average molecular weight is 349 g/mol. The Morgan fingerprint density at radius 2 is 2.21 bits per heavy atom. The molecule has 2 rings (SSSR count). The molecule has 3 N–H and O–H groups in total. The molecule has 0 aromatic heterocycles. The second-order valence-corrected chi connectivity index (χ2v) is 7.52. The zero-order chi connectivity index (χ0) is 14.1. The summed E-state index contributed by atoms with van der Waals surface area (Å²) in [6.07, 6.45) is 1.60. The van der Waals surface area contributed by atoms with Gasteiger partial charge in [-0.3, -0.25) is 0 Å². The van der Waals surface area contributed by atoms with Crippen molar-refractivity contribution >= 4 is 31.6 Å². The lowest BCUT2D eigenvalue weighted by molar-refractivity contribution is 0.0386. The lowest BCUT2D eigenvalue weighted by atomic mass is 9.97. The third-order valence-corrected chi connectivity index (χ3v) is 5.70. The first-order valence-electron chi connectivity index (χ1n) is 5.99. The Morgan fingerprint density at radius 1 is 1.47 bits per heavy atom. The average Bonchev–Trinajstić information content (AvgIpc) is 2.31. The number of sulfonamides is 1. The van der Waals surface area contributed by atoms with Crippen LogP contribution >= 0.6 is 15.9 Å². The van der Waals surface area contributed by atoms with E-state index >= 15 is 0 Å². The van der Waals surface area contributed by atoms with Gasteiger partial charge in [-0.15, -0.1) is 0 Å². The SMILES string of the molecule is CC1(NS(=O)(=O)c2cc(N)ccc2Br)CCCOC1. The number of hydrogen-bond donors (Lipinski definition) is 2. The summed E-state index contributed by atoms with van der Waals surface area (Å²) in [5.74, 6) is 0. The van der Waals surface area contributed by atoms with Gasteiger partial charge in [-0.2, -0.15) is 0 Å². The summed E-state index contributed by atoms with van der Waals surface area (Å²) in [5.41, 5.74) is 5.49. The summed E-state index contributed by atoms with van der Waals surface area (Å²) in [6, 6.07) is 4.72. The molecule has 1 fully saturated rings. The van der Waals surface area contributed by atoms with Crippen molar-refractivity contribution in [2.75, 3.05) is 18.9 Å². The van der Waals surface area contributed by atoms with Gasteiger partial charge in [0.1, 0.15) is 0 Å². The highest BCUT2D eigenvalue weighted by Crippen LogP contribution is 2.27. The van der Waals surface area contributed by atoms with E-state index in [0.717, 1.165) is 12.8 Å². The highest BCUT2D eigenvalue weighted by molar-refractivity contribution is 9.10. The Bertz CT molecular complexity index is 568. The second kappa shape index (κ2) is 5.40. The molecule has 1 unspecified atom stereocenters. The molecule has 0 aliphatic carbocycles. The van der Waals surface area contributed by atoms with E-state index in [2.05, 4.69) is 20.7 Å². The van der Waals surface area contributed by atoms with Crippen molar-refractivity contribution in [3.63, 3.8) is 0 Å². The van der Waals surface area contributed by atoms with Crippen molar-refractivity contribution < 1.29 is 13.2 Å². The van der Waals surface area contributed by atoms with Gasteiger partial charge in [0.2, 0.25) is 10.0 Å². The van der Waals surface area contributed by atoms with Crippen LogP contribution in [0, 0.1) is 0 Å². The van der Waals surface area contributed by atoms with Gasteiger partial charge in [0, 0.05) is 16.8 Å². The van der Waals surface area contributed by atoms with Gasteiger partial charge in [-0.25, -0.2) is 13.1 Å². The standard InChI is InChI=1S/C12H17BrN2O3S/c1-12(5-2-6-18-8-12)15-19(16,17)11-7-9(14)3-4-10(11)13/h3-4,7,15H,2,5-6,8,14H2,1H3. The van der Waals surface area contributed by atoms with E-state index in [9.17, 15) is 8.42 Å². The summed E-state index contributed by atoms with van der Waals surface area (Å²) in [6.45, 7) is 2.91. The van der Waals surface area contributed by atoms with Crippen LogP contribution in [0.1, 0.15) is 19.8 Å². The smallest absolute Gasteiger partial charge is 0.242 e. The van der Waals surface area contributed by atoms with Gasteiger partial charge in [0.25, 0.3) is 0 Å². The molecule has 0 saturated carbocycles. The summed E-state index contributed by atoms with van der Waals surface area (Å²) < 4.78 is 33.4. The molecule has 1 atom stereocenters. The summed E-state index contributed by atoms with van der Waals surface area (Å²) >= 11 is 3.24. The van der Waals surface area contributed by atoms with Gasteiger partial charge < -0.3 is 10.5 Å². The van der Waals surface area contributed by atoms with E-state index < -0.39 is 15.6 Å². The molecule has 0 radical (unpaired) electrons. The molecular weight excluding hydrogens is 332 g/mol. The predicted octanol–water partition coefficient (Wildman–Crippen LogP) is 1.88. The molecule has 1 saturated heterocycles. The van der Waals surface area contributed by atoms with Crippen molar-refractivity contribution in [3.8, 4) is 0 Å². The minimum Gasteiger partial charge on any atom is -0.399 e. The number of anilines is 1. The normalized spacial score (nSPS) is 24.3. The van der Waals surface area contributed by atoms with Crippen LogP contribution in [-0.2, 0) is 14.8 Å². The molecule has 1 heterocycles. The number of ether oxygens (including phenoxy) is 1. The number of nitrogens with one attached hydrogen (secondary N) is 1. The van der Waals surface area contributed by atoms with Crippen LogP contribution in [0.3, 0.4) is 0 Å². The first-order valence-corrected chi connectivity index (χ1v) is 8.27. The van der Waals surface area contributed by atoms with Crippen molar-refractivity contribution in [1.29, 1.82) is 0 Å². The second-order valence-electron chi connectivity index (χ2n) is 5.01. The van der Waals surface area contributed by atoms with Gasteiger partial charge in [0.05, 0.1) is 17.0 Å². The first kappa shape index (κ1) is 14.8. The predicted molar refractivity (Wildman–Crippen MR) is 77.3 cm³/mol. The summed E-state index contributed by atoms with van der Waals surface area (Å²) in [7, 11) is -3.63. The number of hydrogen-bond acceptors (Lipinski definition) is 4. The Labute approximate surface area is 121 Å². The van der Waals surface area contributed by atoms with Gasteiger partial charge >= 0.3 is 0 Å². The van der Waals surface area contributed by atoms with Crippen LogP contribution in [0.2, 0.25) is 0 Å². The third kappa shape index (κ3) is 3.47. The number of rotatable bonds is 3. The Kier molecular flexibility index (Phi) is 4.20. The van der Waals surface area contributed by atoms with Gasteiger partial charge in [0.15, 0.2) is 0 Å². The van der Waals surface area contributed by atoms with E-state index in [1.165, 1.54) is 6.07 Å². The molecule has 1 aliphatic heterocycles. The van der Waals surface area contributed by atoms with Crippen LogP contribution in [0.4, 0.5) is 5.69 Å². The Hall–Kier alpha value is -0.630. The minimum atomic E-state index is -3.63. The first-order chi connectivity index (χ1) is 8.82. The van der Waals surface area contributed by atoms with Crippen LogP contribution in [0.5, 0.6) is 0 Å². The lowest BCUT2D eigenvalue weighted by Gasteiger charge is -2.34. The highest BCUT2D eigenvalue weighted by atomic mass is 79.9. The fraction of sp³-hybridized carbons (Fsp3) is 0.500. The van der Waals surface area contributed by atoms with Crippen molar-refractivity contribution in [2.24, 2.45) is 0 Å². The zero-order valence-corrected chi connectivity index (χ0v) is 13.1. The monoisotopic (exact) mass is 348 g/mol. The van der Waals surface area contributed by atoms with Crippen LogP contribution < -0.4 is 10.5 Å². The Morgan fingerprint density at radius 3 is 2.84 bits per heavy atom. The van der Waals surface area contributed by atoms with E-state index in [0.29, 0.717) is 23.4 Å². The number of halogens is 1. The van der Waals surface area contributed by atoms with E-state index in [4.69, 9.17) is 10.5 Å². The highest BCUT2D eigenvalue weighted by Gasteiger charge is 2.33. The van der Waals surface area contributed by atoms with Crippen molar-refractivity contribution in [2.45, 2.75) is 30.2 Å². The molecule has 0 amide bonds. The minimum absolute atomic E-state index is 0.152.